The highest BCUT2D eigenvalue weighted by molar-refractivity contribution is 5.94. The molecular formula is C13H10FN3O3. The molecule has 2 aromatic heterocycles. The van der Waals surface area contributed by atoms with Crippen LogP contribution in [0.5, 0.6) is 0 Å². The molecule has 0 aliphatic carbocycles. The molecule has 2 heterocycles. The van der Waals surface area contributed by atoms with Gasteiger partial charge < -0.3 is 10.4 Å². The Morgan fingerprint density at radius 3 is 2.75 bits per heavy atom. The van der Waals surface area contributed by atoms with E-state index in [0.29, 0.717) is 5.69 Å². The maximum Gasteiger partial charge on any atom is 0.335 e. The summed E-state index contributed by atoms with van der Waals surface area (Å²) in [4.78, 5) is 29.8. The molecule has 1 amide bonds. The molecule has 0 saturated heterocycles. The van der Waals surface area contributed by atoms with Gasteiger partial charge in [0.1, 0.15) is 0 Å². The first-order chi connectivity index (χ1) is 9.58. The molecule has 0 aliphatic rings. The van der Waals surface area contributed by atoms with Crippen molar-refractivity contribution in [1.29, 1.82) is 0 Å². The normalized spacial score (nSPS) is 10.1. The third kappa shape index (κ3) is 3.14. The van der Waals surface area contributed by atoms with E-state index in [4.69, 9.17) is 5.11 Å². The first-order valence-electron chi connectivity index (χ1n) is 5.65. The number of aromatic carboxylic acids is 1. The summed E-state index contributed by atoms with van der Waals surface area (Å²) < 4.78 is 13.3. The third-order valence-corrected chi connectivity index (χ3v) is 2.50. The minimum absolute atomic E-state index is 0.00567. The maximum atomic E-state index is 13.3. The standard InChI is InChI=1S/C13H10FN3O3/c14-11-10(2-1-4-16-11)12(18)17-7-9-6-8(13(19)20)3-5-15-9/h1-6H,7H2,(H,17,18)(H,19,20). The second-order valence-corrected chi connectivity index (χ2v) is 3.87. The number of nitrogens with one attached hydrogen (secondary N) is 1. The van der Waals surface area contributed by atoms with Crippen LogP contribution < -0.4 is 5.32 Å². The molecule has 6 nitrogen and oxygen atoms in total. The Hall–Kier alpha value is -2.83. The number of rotatable bonds is 4. The molecule has 2 aromatic rings. The summed E-state index contributed by atoms with van der Waals surface area (Å²) in [5, 5.41) is 11.3. The van der Waals surface area contributed by atoms with Gasteiger partial charge in [0.2, 0.25) is 5.95 Å². The van der Waals surface area contributed by atoms with E-state index in [1.165, 1.54) is 36.7 Å². The summed E-state index contributed by atoms with van der Waals surface area (Å²) in [5.41, 5.74) is 0.251. The van der Waals surface area contributed by atoms with Gasteiger partial charge in [-0.25, -0.2) is 9.78 Å². The van der Waals surface area contributed by atoms with Crippen molar-refractivity contribution in [3.05, 3.63) is 59.4 Å². The van der Waals surface area contributed by atoms with Crippen molar-refractivity contribution in [2.75, 3.05) is 0 Å². The number of aromatic nitrogens is 2. The summed E-state index contributed by atoms with van der Waals surface area (Å²) in [5.74, 6) is -2.59. The topological polar surface area (TPSA) is 92.2 Å². The smallest absolute Gasteiger partial charge is 0.335 e. The van der Waals surface area contributed by atoms with Crippen LogP contribution in [0.25, 0.3) is 0 Å². The monoisotopic (exact) mass is 275 g/mol. The molecule has 7 heteroatoms. The van der Waals surface area contributed by atoms with E-state index < -0.39 is 17.8 Å². The lowest BCUT2D eigenvalue weighted by atomic mass is 10.2. The predicted molar refractivity (Wildman–Crippen MR) is 66.6 cm³/mol. The molecule has 0 saturated carbocycles. The van der Waals surface area contributed by atoms with Crippen molar-refractivity contribution >= 4 is 11.9 Å². The Morgan fingerprint density at radius 2 is 2.05 bits per heavy atom. The number of hydrogen-bond donors (Lipinski definition) is 2. The van der Waals surface area contributed by atoms with Gasteiger partial charge in [-0.3, -0.25) is 9.78 Å². The second-order valence-electron chi connectivity index (χ2n) is 3.87. The fraction of sp³-hybridized carbons (Fsp3) is 0.0769. The molecule has 0 aliphatic heterocycles. The van der Waals surface area contributed by atoms with Crippen LogP contribution in [0.4, 0.5) is 4.39 Å². The van der Waals surface area contributed by atoms with Gasteiger partial charge in [-0.1, -0.05) is 0 Å². The van der Waals surface area contributed by atoms with Gasteiger partial charge in [-0.05, 0) is 24.3 Å². The lowest BCUT2D eigenvalue weighted by molar-refractivity contribution is 0.0696. The highest BCUT2D eigenvalue weighted by Crippen LogP contribution is 2.05. The van der Waals surface area contributed by atoms with Crippen LogP contribution in [-0.4, -0.2) is 27.0 Å². The zero-order valence-electron chi connectivity index (χ0n) is 10.2. The van der Waals surface area contributed by atoms with Gasteiger partial charge in [0.05, 0.1) is 23.4 Å². The molecule has 0 aromatic carbocycles. The highest BCUT2D eigenvalue weighted by Gasteiger charge is 2.12. The Labute approximate surface area is 113 Å². The van der Waals surface area contributed by atoms with E-state index in [1.807, 2.05) is 0 Å². The zero-order valence-corrected chi connectivity index (χ0v) is 10.2. The van der Waals surface area contributed by atoms with E-state index in [-0.39, 0.29) is 17.7 Å². The summed E-state index contributed by atoms with van der Waals surface area (Å²) in [6.07, 6.45) is 2.57. The molecule has 0 radical (unpaired) electrons. The van der Waals surface area contributed by atoms with Crippen LogP contribution in [0, 0.1) is 5.95 Å². The average Bonchev–Trinajstić information content (AvgIpc) is 2.45. The van der Waals surface area contributed by atoms with Gasteiger partial charge in [0.15, 0.2) is 0 Å². The largest absolute Gasteiger partial charge is 0.478 e. The Kier molecular flexibility index (Phi) is 3.99. The van der Waals surface area contributed by atoms with Gasteiger partial charge >= 0.3 is 5.97 Å². The van der Waals surface area contributed by atoms with Gasteiger partial charge in [0.25, 0.3) is 5.91 Å². The van der Waals surface area contributed by atoms with Gasteiger partial charge in [-0.15, -0.1) is 0 Å². The predicted octanol–water partition coefficient (Wildman–Crippen LogP) is 1.24. The minimum Gasteiger partial charge on any atom is -0.478 e. The molecule has 0 unspecified atom stereocenters. The number of nitrogens with zero attached hydrogens (tertiary/aromatic N) is 2. The molecule has 0 bridgehead atoms. The van der Waals surface area contributed by atoms with Crippen molar-refractivity contribution in [1.82, 2.24) is 15.3 Å². The van der Waals surface area contributed by atoms with E-state index in [1.54, 1.807) is 0 Å². The molecule has 2 rings (SSSR count). The van der Waals surface area contributed by atoms with Gasteiger partial charge in [0, 0.05) is 12.4 Å². The minimum atomic E-state index is -1.08. The van der Waals surface area contributed by atoms with E-state index in [9.17, 15) is 14.0 Å². The van der Waals surface area contributed by atoms with Crippen LogP contribution >= 0.6 is 0 Å². The van der Waals surface area contributed by atoms with Crippen LogP contribution in [0.2, 0.25) is 0 Å². The Bertz CT molecular complexity index is 661. The molecule has 20 heavy (non-hydrogen) atoms. The maximum absolute atomic E-state index is 13.3. The summed E-state index contributed by atoms with van der Waals surface area (Å²) in [6, 6.07) is 5.43. The number of carbonyl (C=O) groups is 2. The molecule has 2 N–H and O–H groups in total. The SMILES string of the molecule is O=C(O)c1ccnc(CNC(=O)c2cccnc2F)c1. The molecule has 0 fully saturated rings. The quantitative estimate of drug-likeness (QED) is 0.819. The summed E-state index contributed by atoms with van der Waals surface area (Å²) in [6.45, 7) is -0.00567. The fourth-order valence-corrected chi connectivity index (χ4v) is 1.53. The highest BCUT2D eigenvalue weighted by atomic mass is 19.1. The van der Waals surface area contributed by atoms with Crippen molar-refractivity contribution in [2.24, 2.45) is 0 Å². The lowest BCUT2D eigenvalue weighted by Crippen LogP contribution is -2.24. The number of carboxylic acids is 1. The lowest BCUT2D eigenvalue weighted by Gasteiger charge is -2.05. The number of carboxylic acid groups (broad SMARTS) is 1. The average molecular weight is 275 g/mol. The third-order valence-electron chi connectivity index (χ3n) is 2.50. The summed E-state index contributed by atoms with van der Waals surface area (Å²) >= 11 is 0. The summed E-state index contributed by atoms with van der Waals surface area (Å²) in [7, 11) is 0. The van der Waals surface area contributed by atoms with E-state index in [0.717, 1.165) is 0 Å². The molecule has 0 atom stereocenters. The van der Waals surface area contributed by atoms with Crippen molar-refractivity contribution in [3.8, 4) is 0 Å². The van der Waals surface area contributed by atoms with E-state index in [2.05, 4.69) is 15.3 Å². The number of pyridine rings is 2. The number of carbonyl (C=O) groups excluding carboxylic acids is 1. The van der Waals surface area contributed by atoms with Crippen molar-refractivity contribution < 1.29 is 19.1 Å². The number of hydrogen-bond acceptors (Lipinski definition) is 4. The number of halogens is 1. The second kappa shape index (κ2) is 5.87. The zero-order chi connectivity index (χ0) is 14.5. The fourth-order valence-electron chi connectivity index (χ4n) is 1.53. The number of amides is 1. The van der Waals surface area contributed by atoms with E-state index >= 15 is 0 Å². The first-order valence-corrected chi connectivity index (χ1v) is 5.65. The van der Waals surface area contributed by atoms with Crippen molar-refractivity contribution in [3.63, 3.8) is 0 Å². The molecule has 102 valence electrons. The Morgan fingerprint density at radius 1 is 1.25 bits per heavy atom. The van der Waals surface area contributed by atoms with Crippen molar-refractivity contribution in [2.45, 2.75) is 6.54 Å². The molecular weight excluding hydrogens is 265 g/mol. The van der Waals surface area contributed by atoms with Crippen LogP contribution in [0.1, 0.15) is 26.4 Å². The molecule has 0 spiro atoms. The van der Waals surface area contributed by atoms with Crippen LogP contribution in [0.15, 0.2) is 36.7 Å². The van der Waals surface area contributed by atoms with Crippen LogP contribution in [0.3, 0.4) is 0 Å². The first kappa shape index (κ1) is 13.6. The van der Waals surface area contributed by atoms with Gasteiger partial charge in [-0.2, -0.15) is 4.39 Å². The van der Waals surface area contributed by atoms with Crippen LogP contribution in [-0.2, 0) is 6.54 Å². The Balaban J connectivity index is 2.06.